The SMILES string of the molecule is CC1(C(=O)C(Br)(C#N)C(=O)c2ccc(S(C)(=O)=O)cc2)CC1. The van der Waals surface area contributed by atoms with Crippen molar-refractivity contribution in [1.82, 2.24) is 0 Å². The van der Waals surface area contributed by atoms with Gasteiger partial charge in [0.1, 0.15) is 0 Å². The minimum atomic E-state index is -3.37. The van der Waals surface area contributed by atoms with Gasteiger partial charge in [-0.2, -0.15) is 5.26 Å². The maximum Gasteiger partial charge on any atom is 0.232 e. The van der Waals surface area contributed by atoms with E-state index < -0.39 is 31.1 Å². The number of Topliss-reactive ketones (excluding diaryl/α,β-unsaturated/α-hetero) is 2. The van der Waals surface area contributed by atoms with Crippen LogP contribution in [0.15, 0.2) is 29.2 Å². The van der Waals surface area contributed by atoms with E-state index >= 15 is 0 Å². The van der Waals surface area contributed by atoms with Crippen molar-refractivity contribution in [3.8, 4) is 6.07 Å². The molecule has 1 aliphatic rings. The topological polar surface area (TPSA) is 92.1 Å². The highest BCUT2D eigenvalue weighted by molar-refractivity contribution is 9.10. The fraction of sp³-hybridized carbons (Fsp3) is 0.400. The Morgan fingerprint density at radius 1 is 1.27 bits per heavy atom. The van der Waals surface area contributed by atoms with Gasteiger partial charge in [-0.15, -0.1) is 0 Å². The number of carbonyl (C=O) groups excluding carboxylic acids is 2. The number of sulfone groups is 1. The Kier molecular flexibility index (Phi) is 4.05. The molecule has 1 atom stereocenters. The summed E-state index contributed by atoms with van der Waals surface area (Å²) in [6, 6.07) is 6.97. The first-order chi connectivity index (χ1) is 10.0. The van der Waals surface area contributed by atoms with Gasteiger partial charge in [-0.3, -0.25) is 9.59 Å². The van der Waals surface area contributed by atoms with Gasteiger partial charge in [0.15, 0.2) is 15.6 Å². The molecule has 0 saturated heterocycles. The zero-order chi connectivity index (χ0) is 16.8. The fourth-order valence-corrected chi connectivity index (χ4v) is 3.43. The average Bonchev–Trinajstić information content (AvgIpc) is 3.23. The van der Waals surface area contributed by atoms with Crippen LogP contribution in [-0.4, -0.2) is 30.6 Å². The number of rotatable bonds is 5. The predicted octanol–water partition coefficient (Wildman–Crippen LogP) is 2.30. The molecule has 116 valence electrons. The van der Waals surface area contributed by atoms with E-state index in [1.807, 2.05) is 0 Å². The summed E-state index contributed by atoms with van der Waals surface area (Å²) >= 11 is 3.01. The van der Waals surface area contributed by atoms with Gasteiger partial charge < -0.3 is 0 Å². The lowest BCUT2D eigenvalue weighted by Crippen LogP contribution is -2.43. The maximum absolute atomic E-state index is 12.5. The summed E-state index contributed by atoms with van der Waals surface area (Å²) in [7, 11) is -3.37. The molecule has 0 spiro atoms. The molecule has 0 amide bonds. The van der Waals surface area contributed by atoms with Crippen LogP contribution in [0.2, 0.25) is 0 Å². The number of carbonyl (C=O) groups is 2. The first-order valence-corrected chi connectivity index (χ1v) is 9.23. The van der Waals surface area contributed by atoms with E-state index in [-0.39, 0.29) is 10.5 Å². The van der Waals surface area contributed by atoms with Crippen LogP contribution in [-0.2, 0) is 14.6 Å². The minimum absolute atomic E-state index is 0.0710. The molecule has 0 radical (unpaired) electrons. The quantitative estimate of drug-likeness (QED) is 0.441. The van der Waals surface area contributed by atoms with E-state index in [0.717, 1.165) is 6.26 Å². The highest BCUT2D eigenvalue weighted by Crippen LogP contribution is 2.50. The van der Waals surface area contributed by atoms with E-state index in [9.17, 15) is 23.3 Å². The van der Waals surface area contributed by atoms with Crippen LogP contribution in [0, 0.1) is 16.7 Å². The third kappa shape index (κ3) is 2.85. The third-order valence-corrected chi connectivity index (χ3v) is 5.90. The lowest BCUT2D eigenvalue weighted by atomic mass is 9.86. The maximum atomic E-state index is 12.5. The summed E-state index contributed by atoms with van der Waals surface area (Å²) in [6.45, 7) is 1.72. The highest BCUT2D eigenvalue weighted by Gasteiger charge is 2.57. The molecule has 0 heterocycles. The van der Waals surface area contributed by atoms with Crippen molar-refractivity contribution in [2.45, 2.75) is 29.0 Å². The molecule has 0 N–H and O–H groups in total. The van der Waals surface area contributed by atoms with Crippen LogP contribution in [0.3, 0.4) is 0 Å². The van der Waals surface area contributed by atoms with Gasteiger partial charge in [0.2, 0.25) is 10.1 Å². The number of halogens is 1. The summed E-state index contributed by atoms with van der Waals surface area (Å²) in [4.78, 5) is 25.0. The van der Waals surface area contributed by atoms with Gasteiger partial charge >= 0.3 is 0 Å². The Morgan fingerprint density at radius 3 is 2.14 bits per heavy atom. The summed E-state index contributed by atoms with van der Waals surface area (Å²) in [6.07, 6.45) is 2.37. The molecule has 2 rings (SSSR count). The molecule has 0 aromatic heterocycles. The summed E-state index contributed by atoms with van der Waals surface area (Å²) in [5, 5.41) is 9.33. The van der Waals surface area contributed by atoms with Crippen molar-refractivity contribution >= 4 is 37.3 Å². The Bertz CT molecular complexity index is 788. The normalized spacial score (nSPS) is 18.8. The van der Waals surface area contributed by atoms with E-state index in [4.69, 9.17) is 0 Å². The molecule has 1 aromatic carbocycles. The first-order valence-electron chi connectivity index (χ1n) is 6.55. The van der Waals surface area contributed by atoms with Gasteiger partial charge in [-0.1, -0.05) is 35.0 Å². The van der Waals surface area contributed by atoms with Crippen LogP contribution >= 0.6 is 15.9 Å². The summed E-state index contributed by atoms with van der Waals surface area (Å²) < 4.78 is 20.9. The van der Waals surface area contributed by atoms with Crippen molar-refractivity contribution in [3.63, 3.8) is 0 Å². The Morgan fingerprint density at radius 2 is 1.77 bits per heavy atom. The summed E-state index contributed by atoms with van der Waals surface area (Å²) in [5.74, 6) is -1.12. The zero-order valence-corrected chi connectivity index (χ0v) is 14.5. The molecule has 1 saturated carbocycles. The molecule has 1 aliphatic carbocycles. The highest BCUT2D eigenvalue weighted by atomic mass is 79.9. The lowest BCUT2D eigenvalue weighted by molar-refractivity contribution is -0.123. The second-order valence-electron chi connectivity index (χ2n) is 5.79. The summed E-state index contributed by atoms with van der Waals surface area (Å²) in [5.41, 5.74) is -0.523. The van der Waals surface area contributed by atoms with Crippen molar-refractivity contribution in [2.24, 2.45) is 5.41 Å². The number of nitriles is 1. The number of hydrogen-bond acceptors (Lipinski definition) is 5. The largest absolute Gasteiger partial charge is 0.296 e. The van der Waals surface area contributed by atoms with Gasteiger partial charge in [-0.05, 0) is 25.0 Å². The standard InChI is InChI=1S/C15H14BrNO4S/c1-14(7-8-14)13(19)15(16,9-17)12(18)10-3-5-11(6-4-10)22(2,20)21/h3-6H,7-8H2,1-2H3. The molecule has 7 heteroatoms. The van der Waals surface area contributed by atoms with Crippen LogP contribution in [0.5, 0.6) is 0 Å². The van der Waals surface area contributed by atoms with Gasteiger partial charge in [0, 0.05) is 17.2 Å². The van der Waals surface area contributed by atoms with Gasteiger partial charge in [-0.25, -0.2) is 8.42 Å². The van der Waals surface area contributed by atoms with Crippen molar-refractivity contribution in [3.05, 3.63) is 29.8 Å². The van der Waals surface area contributed by atoms with E-state index in [2.05, 4.69) is 15.9 Å². The lowest BCUT2D eigenvalue weighted by Gasteiger charge is -2.20. The van der Waals surface area contributed by atoms with E-state index in [0.29, 0.717) is 12.8 Å². The second-order valence-corrected chi connectivity index (χ2v) is 8.99. The molecule has 22 heavy (non-hydrogen) atoms. The molecular formula is C15H14BrNO4S. The molecule has 1 unspecified atom stereocenters. The van der Waals surface area contributed by atoms with Gasteiger partial charge in [0.05, 0.1) is 11.0 Å². The molecule has 0 bridgehead atoms. The van der Waals surface area contributed by atoms with Gasteiger partial charge in [0.25, 0.3) is 0 Å². The number of nitrogens with zero attached hydrogens (tertiary/aromatic N) is 1. The van der Waals surface area contributed by atoms with Crippen molar-refractivity contribution < 1.29 is 18.0 Å². The first kappa shape index (κ1) is 16.8. The van der Waals surface area contributed by atoms with Crippen molar-refractivity contribution in [1.29, 1.82) is 5.26 Å². The Balaban J connectivity index is 2.37. The second kappa shape index (κ2) is 5.28. The predicted molar refractivity (Wildman–Crippen MR) is 83.5 cm³/mol. The van der Waals surface area contributed by atoms with E-state index in [1.54, 1.807) is 13.0 Å². The molecular weight excluding hydrogens is 370 g/mol. The van der Waals surface area contributed by atoms with Crippen LogP contribution in [0.25, 0.3) is 0 Å². The molecule has 1 fully saturated rings. The number of alkyl halides is 1. The van der Waals surface area contributed by atoms with Crippen LogP contribution in [0.1, 0.15) is 30.1 Å². The average molecular weight is 384 g/mol. The van der Waals surface area contributed by atoms with Crippen LogP contribution in [0.4, 0.5) is 0 Å². The molecule has 1 aromatic rings. The molecule has 5 nitrogen and oxygen atoms in total. The zero-order valence-electron chi connectivity index (χ0n) is 12.1. The number of benzene rings is 1. The number of ketones is 2. The Hall–Kier alpha value is -1.52. The van der Waals surface area contributed by atoms with Crippen molar-refractivity contribution in [2.75, 3.05) is 6.26 Å². The smallest absolute Gasteiger partial charge is 0.232 e. The Labute approximate surface area is 137 Å². The van der Waals surface area contributed by atoms with Crippen LogP contribution < -0.4 is 0 Å². The monoisotopic (exact) mass is 383 g/mol. The third-order valence-electron chi connectivity index (χ3n) is 3.87. The fourth-order valence-electron chi connectivity index (χ4n) is 2.09. The minimum Gasteiger partial charge on any atom is -0.296 e. The molecule has 0 aliphatic heterocycles. The van der Waals surface area contributed by atoms with E-state index in [1.165, 1.54) is 24.3 Å². The number of hydrogen-bond donors (Lipinski definition) is 0.